The van der Waals surface area contributed by atoms with Crippen LogP contribution >= 0.6 is 0 Å². The van der Waals surface area contributed by atoms with Crippen LogP contribution in [0.2, 0.25) is 0 Å². The Morgan fingerprint density at radius 3 is 2.57 bits per heavy atom. The summed E-state index contributed by atoms with van der Waals surface area (Å²) in [5, 5.41) is 11.9. The van der Waals surface area contributed by atoms with Crippen molar-refractivity contribution >= 4 is 11.7 Å². The highest BCUT2D eigenvalue weighted by Gasteiger charge is 2.22. The van der Waals surface area contributed by atoms with Gasteiger partial charge in [0, 0.05) is 23.9 Å². The summed E-state index contributed by atoms with van der Waals surface area (Å²) in [7, 11) is 0. The average Bonchev–Trinajstić information content (AvgIpc) is 3.45. The lowest BCUT2D eigenvalue weighted by molar-refractivity contribution is 0.0993. The zero-order valence-corrected chi connectivity index (χ0v) is 17.4. The molecule has 0 fully saturated rings. The second-order valence-electron chi connectivity index (χ2n) is 8.23. The third-order valence-electron chi connectivity index (χ3n) is 4.73. The van der Waals surface area contributed by atoms with E-state index in [1.54, 1.807) is 23.0 Å². The molecule has 7 nitrogen and oxygen atoms in total. The number of anilines is 1. The SMILES string of the molecule is CC(C)(C)c1cc(NC(=O)c2ccc(Cn3cccn3)o2)n(Cc2ccccc2)n1. The maximum atomic E-state index is 12.8. The number of carbonyl (C=O) groups is 1. The number of nitrogens with zero attached hydrogens (tertiary/aromatic N) is 4. The molecule has 3 heterocycles. The number of amides is 1. The minimum atomic E-state index is -0.309. The van der Waals surface area contributed by atoms with Crippen molar-refractivity contribution in [1.29, 1.82) is 0 Å². The van der Waals surface area contributed by atoms with E-state index in [0.29, 0.717) is 24.7 Å². The van der Waals surface area contributed by atoms with E-state index in [1.807, 2.05) is 53.3 Å². The zero-order chi connectivity index (χ0) is 21.1. The summed E-state index contributed by atoms with van der Waals surface area (Å²) in [4.78, 5) is 12.8. The first-order valence-electron chi connectivity index (χ1n) is 9.88. The number of hydrogen-bond donors (Lipinski definition) is 1. The molecule has 4 rings (SSSR count). The van der Waals surface area contributed by atoms with Crippen LogP contribution < -0.4 is 5.32 Å². The Labute approximate surface area is 175 Å². The van der Waals surface area contributed by atoms with Crippen molar-refractivity contribution in [3.63, 3.8) is 0 Å². The van der Waals surface area contributed by atoms with Crippen LogP contribution in [-0.2, 0) is 18.5 Å². The van der Waals surface area contributed by atoms with Gasteiger partial charge in [-0.1, -0.05) is 51.1 Å². The van der Waals surface area contributed by atoms with E-state index in [1.165, 1.54) is 0 Å². The number of furan rings is 1. The highest BCUT2D eigenvalue weighted by molar-refractivity contribution is 6.01. The number of hydrogen-bond acceptors (Lipinski definition) is 4. The summed E-state index contributed by atoms with van der Waals surface area (Å²) in [6.45, 7) is 7.33. The predicted molar refractivity (Wildman–Crippen MR) is 114 cm³/mol. The molecule has 1 N–H and O–H groups in total. The standard InChI is InChI=1S/C23H25N5O2/c1-23(2,3)20-14-21(28(26-20)15-17-8-5-4-6-9-17)25-22(29)19-11-10-18(30-19)16-27-13-7-12-24-27/h4-14H,15-16H2,1-3H3,(H,25,29). The van der Waals surface area contributed by atoms with Crippen LogP contribution in [0.25, 0.3) is 0 Å². The lowest BCUT2D eigenvalue weighted by Gasteiger charge is -2.14. The predicted octanol–water partition coefficient (Wildman–Crippen LogP) is 4.32. The Morgan fingerprint density at radius 2 is 1.87 bits per heavy atom. The molecule has 0 aliphatic heterocycles. The van der Waals surface area contributed by atoms with Crippen LogP contribution in [0.3, 0.4) is 0 Å². The van der Waals surface area contributed by atoms with Gasteiger partial charge >= 0.3 is 0 Å². The largest absolute Gasteiger partial charge is 0.454 e. The van der Waals surface area contributed by atoms with Crippen molar-refractivity contribution < 1.29 is 9.21 Å². The van der Waals surface area contributed by atoms with Gasteiger partial charge in [-0.05, 0) is 23.8 Å². The van der Waals surface area contributed by atoms with Crippen LogP contribution in [-0.4, -0.2) is 25.5 Å². The first-order chi connectivity index (χ1) is 14.4. The number of nitrogens with one attached hydrogen (secondary N) is 1. The first-order valence-corrected chi connectivity index (χ1v) is 9.88. The molecule has 0 radical (unpaired) electrons. The van der Waals surface area contributed by atoms with Gasteiger partial charge in [0.25, 0.3) is 5.91 Å². The fraction of sp³-hybridized carbons (Fsp3) is 0.261. The average molecular weight is 403 g/mol. The van der Waals surface area contributed by atoms with Gasteiger partial charge in [0.05, 0.1) is 18.8 Å². The van der Waals surface area contributed by atoms with Gasteiger partial charge in [-0.2, -0.15) is 10.2 Å². The zero-order valence-electron chi connectivity index (χ0n) is 17.4. The minimum Gasteiger partial charge on any atom is -0.454 e. The lowest BCUT2D eigenvalue weighted by atomic mass is 9.92. The van der Waals surface area contributed by atoms with Crippen molar-refractivity contribution in [2.24, 2.45) is 0 Å². The third-order valence-corrected chi connectivity index (χ3v) is 4.73. The van der Waals surface area contributed by atoms with E-state index in [-0.39, 0.29) is 17.1 Å². The minimum absolute atomic E-state index is 0.136. The summed E-state index contributed by atoms with van der Waals surface area (Å²) in [6.07, 6.45) is 3.55. The Bertz CT molecular complexity index is 1120. The van der Waals surface area contributed by atoms with Gasteiger partial charge in [-0.3, -0.25) is 9.48 Å². The quantitative estimate of drug-likeness (QED) is 0.520. The van der Waals surface area contributed by atoms with Gasteiger partial charge in [0.15, 0.2) is 5.76 Å². The van der Waals surface area contributed by atoms with Crippen molar-refractivity contribution in [2.45, 2.75) is 39.3 Å². The topological polar surface area (TPSA) is 77.9 Å². The normalized spacial score (nSPS) is 11.6. The van der Waals surface area contributed by atoms with Crippen molar-refractivity contribution in [3.05, 3.63) is 89.8 Å². The molecule has 30 heavy (non-hydrogen) atoms. The molecular formula is C23H25N5O2. The molecule has 0 unspecified atom stereocenters. The fourth-order valence-electron chi connectivity index (χ4n) is 3.08. The highest BCUT2D eigenvalue weighted by atomic mass is 16.4. The monoisotopic (exact) mass is 403 g/mol. The van der Waals surface area contributed by atoms with Gasteiger partial charge in [-0.25, -0.2) is 4.68 Å². The lowest BCUT2D eigenvalue weighted by Crippen LogP contribution is -2.16. The van der Waals surface area contributed by atoms with E-state index < -0.39 is 0 Å². The van der Waals surface area contributed by atoms with Crippen molar-refractivity contribution in [3.8, 4) is 0 Å². The van der Waals surface area contributed by atoms with Gasteiger partial charge in [-0.15, -0.1) is 0 Å². The molecule has 0 atom stereocenters. The molecule has 0 spiro atoms. The molecule has 3 aromatic heterocycles. The number of benzene rings is 1. The third kappa shape index (κ3) is 4.51. The van der Waals surface area contributed by atoms with Crippen LogP contribution in [0.1, 0.15) is 48.3 Å². The maximum Gasteiger partial charge on any atom is 0.292 e. The van der Waals surface area contributed by atoms with Gasteiger partial charge in [0.1, 0.15) is 11.6 Å². The summed E-state index contributed by atoms with van der Waals surface area (Å²) < 4.78 is 9.28. The molecular weight excluding hydrogens is 378 g/mol. The summed E-state index contributed by atoms with van der Waals surface area (Å²) in [5.41, 5.74) is 1.88. The second kappa shape index (κ2) is 8.02. The molecule has 0 bridgehead atoms. The molecule has 0 saturated carbocycles. The molecule has 1 amide bonds. The van der Waals surface area contributed by atoms with E-state index in [0.717, 1.165) is 11.3 Å². The number of aromatic nitrogens is 4. The molecule has 0 aliphatic rings. The van der Waals surface area contributed by atoms with Crippen LogP contribution in [0.5, 0.6) is 0 Å². The first kappa shape index (κ1) is 19.7. The molecule has 0 saturated heterocycles. The fourth-order valence-corrected chi connectivity index (χ4v) is 3.08. The summed E-state index contributed by atoms with van der Waals surface area (Å²) >= 11 is 0. The maximum absolute atomic E-state index is 12.8. The Hall–Kier alpha value is -3.61. The summed E-state index contributed by atoms with van der Waals surface area (Å²) in [5.74, 6) is 1.24. The Morgan fingerprint density at radius 1 is 1.07 bits per heavy atom. The smallest absolute Gasteiger partial charge is 0.292 e. The van der Waals surface area contributed by atoms with E-state index >= 15 is 0 Å². The van der Waals surface area contributed by atoms with Crippen molar-refractivity contribution in [2.75, 3.05) is 5.32 Å². The highest BCUT2D eigenvalue weighted by Crippen LogP contribution is 2.25. The Balaban J connectivity index is 1.54. The molecule has 154 valence electrons. The molecule has 1 aromatic carbocycles. The summed E-state index contributed by atoms with van der Waals surface area (Å²) in [6, 6.07) is 17.3. The van der Waals surface area contributed by atoms with Gasteiger partial charge < -0.3 is 9.73 Å². The Kier molecular flexibility index (Phi) is 5.27. The van der Waals surface area contributed by atoms with Crippen LogP contribution in [0.15, 0.2) is 71.4 Å². The van der Waals surface area contributed by atoms with E-state index in [4.69, 9.17) is 9.52 Å². The molecule has 7 heteroatoms. The molecule has 0 aliphatic carbocycles. The number of carbonyl (C=O) groups excluding carboxylic acids is 1. The van der Waals surface area contributed by atoms with Crippen LogP contribution in [0, 0.1) is 0 Å². The van der Waals surface area contributed by atoms with E-state index in [2.05, 4.69) is 31.2 Å². The van der Waals surface area contributed by atoms with Crippen molar-refractivity contribution in [1.82, 2.24) is 19.6 Å². The molecule has 4 aromatic rings. The van der Waals surface area contributed by atoms with Crippen LogP contribution in [0.4, 0.5) is 5.82 Å². The van der Waals surface area contributed by atoms with E-state index in [9.17, 15) is 4.79 Å². The van der Waals surface area contributed by atoms with Gasteiger partial charge in [0.2, 0.25) is 0 Å². The number of rotatable bonds is 6. The second-order valence-corrected chi connectivity index (χ2v) is 8.23.